The first-order valence-electron chi connectivity index (χ1n) is 5.19. The van der Waals surface area contributed by atoms with Crippen molar-refractivity contribution < 1.29 is 5.11 Å². The van der Waals surface area contributed by atoms with Gasteiger partial charge in [-0.1, -0.05) is 26.7 Å². The van der Waals surface area contributed by atoms with Gasteiger partial charge in [0.2, 0.25) is 0 Å². The second kappa shape index (κ2) is 5.47. The number of aliphatic hydroxyl groups is 1. The van der Waals surface area contributed by atoms with Crippen LogP contribution in [0.15, 0.2) is 5.38 Å². The molecule has 0 aliphatic rings. The van der Waals surface area contributed by atoms with Crippen molar-refractivity contribution in [3.05, 3.63) is 16.1 Å². The summed E-state index contributed by atoms with van der Waals surface area (Å²) in [6.07, 6.45) is 2.75. The third-order valence-electron chi connectivity index (χ3n) is 2.18. The molecular formula is C11H19NOS. The standard InChI is InChI=1S/C11H19NOS/c1-8(2)5-4-6-10(13)11-12-9(3)7-14-11/h7-8,10,13H,4-6H2,1-3H3. The molecule has 0 saturated heterocycles. The van der Waals surface area contributed by atoms with Crippen LogP contribution in [0.3, 0.4) is 0 Å². The maximum absolute atomic E-state index is 9.79. The summed E-state index contributed by atoms with van der Waals surface area (Å²) in [5.41, 5.74) is 1.01. The summed E-state index contributed by atoms with van der Waals surface area (Å²) < 4.78 is 0. The molecule has 80 valence electrons. The summed E-state index contributed by atoms with van der Waals surface area (Å²) in [5.74, 6) is 0.722. The van der Waals surface area contributed by atoms with Gasteiger partial charge >= 0.3 is 0 Å². The summed E-state index contributed by atoms with van der Waals surface area (Å²) in [5, 5.41) is 12.6. The highest BCUT2D eigenvalue weighted by Gasteiger charge is 2.10. The van der Waals surface area contributed by atoms with Crippen LogP contribution in [0.4, 0.5) is 0 Å². The number of aromatic nitrogens is 1. The number of rotatable bonds is 5. The maximum Gasteiger partial charge on any atom is 0.121 e. The van der Waals surface area contributed by atoms with Crippen LogP contribution < -0.4 is 0 Å². The van der Waals surface area contributed by atoms with Gasteiger partial charge in [-0.15, -0.1) is 11.3 Å². The Bertz CT molecular complexity index is 270. The lowest BCUT2D eigenvalue weighted by atomic mass is 10.0. The fourth-order valence-electron chi connectivity index (χ4n) is 1.37. The van der Waals surface area contributed by atoms with Crippen LogP contribution in [0, 0.1) is 12.8 Å². The van der Waals surface area contributed by atoms with Crippen LogP contribution in [0.1, 0.15) is 49.9 Å². The van der Waals surface area contributed by atoms with Gasteiger partial charge < -0.3 is 5.11 Å². The van der Waals surface area contributed by atoms with Gasteiger partial charge in [0.05, 0.1) is 0 Å². The summed E-state index contributed by atoms with van der Waals surface area (Å²) >= 11 is 1.56. The lowest BCUT2D eigenvalue weighted by Crippen LogP contribution is -1.98. The van der Waals surface area contributed by atoms with Gasteiger partial charge in [-0.2, -0.15) is 0 Å². The predicted octanol–water partition coefficient (Wildman–Crippen LogP) is 3.31. The van der Waals surface area contributed by atoms with E-state index in [0.29, 0.717) is 0 Å². The SMILES string of the molecule is Cc1csc(C(O)CCCC(C)C)n1. The van der Waals surface area contributed by atoms with Crippen molar-refractivity contribution in [2.45, 2.75) is 46.1 Å². The smallest absolute Gasteiger partial charge is 0.121 e. The first-order valence-corrected chi connectivity index (χ1v) is 6.07. The zero-order chi connectivity index (χ0) is 10.6. The number of aliphatic hydroxyl groups excluding tert-OH is 1. The van der Waals surface area contributed by atoms with Gasteiger partial charge in [0, 0.05) is 11.1 Å². The molecule has 3 heteroatoms. The van der Waals surface area contributed by atoms with E-state index in [1.807, 2.05) is 12.3 Å². The van der Waals surface area contributed by atoms with E-state index in [9.17, 15) is 5.11 Å². The van der Waals surface area contributed by atoms with Crippen LogP contribution in [-0.2, 0) is 0 Å². The van der Waals surface area contributed by atoms with Crippen molar-refractivity contribution in [1.82, 2.24) is 4.98 Å². The van der Waals surface area contributed by atoms with Crippen molar-refractivity contribution in [2.24, 2.45) is 5.92 Å². The monoisotopic (exact) mass is 213 g/mol. The molecule has 1 N–H and O–H groups in total. The third-order valence-corrected chi connectivity index (χ3v) is 3.24. The van der Waals surface area contributed by atoms with Crippen molar-refractivity contribution in [3.63, 3.8) is 0 Å². The molecule has 2 nitrogen and oxygen atoms in total. The largest absolute Gasteiger partial charge is 0.386 e. The molecular weight excluding hydrogens is 194 g/mol. The van der Waals surface area contributed by atoms with Crippen molar-refractivity contribution in [1.29, 1.82) is 0 Å². The molecule has 0 aromatic carbocycles. The minimum absolute atomic E-state index is 0.354. The van der Waals surface area contributed by atoms with E-state index in [-0.39, 0.29) is 6.10 Å². The minimum atomic E-state index is -0.354. The lowest BCUT2D eigenvalue weighted by Gasteiger charge is -2.08. The predicted molar refractivity (Wildman–Crippen MR) is 60.5 cm³/mol. The Kier molecular flexibility index (Phi) is 4.55. The number of thiazole rings is 1. The molecule has 0 bridgehead atoms. The highest BCUT2D eigenvalue weighted by molar-refractivity contribution is 7.09. The van der Waals surface area contributed by atoms with Crippen LogP contribution in [0.2, 0.25) is 0 Å². The van der Waals surface area contributed by atoms with Gasteiger partial charge in [-0.25, -0.2) is 4.98 Å². The summed E-state index contributed by atoms with van der Waals surface area (Å²) in [6.45, 7) is 6.38. The van der Waals surface area contributed by atoms with Crippen LogP contribution in [-0.4, -0.2) is 10.1 Å². The Labute approximate surface area is 90.0 Å². The number of aryl methyl sites for hydroxylation is 1. The number of nitrogens with zero attached hydrogens (tertiary/aromatic N) is 1. The second-order valence-corrected chi connectivity index (χ2v) is 5.06. The van der Waals surface area contributed by atoms with Gasteiger partial charge in [0.25, 0.3) is 0 Å². The van der Waals surface area contributed by atoms with Crippen LogP contribution in [0.5, 0.6) is 0 Å². The van der Waals surface area contributed by atoms with Crippen LogP contribution >= 0.6 is 11.3 Å². The maximum atomic E-state index is 9.79. The Hall–Kier alpha value is -0.410. The van der Waals surface area contributed by atoms with Gasteiger partial charge in [-0.05, 0) is 19.3 Å². The fraction of sp³-hybridized carbons (Fsp3) is 0.727. The quantitative estimate of drug-likeness (QED) is 0.814. The molecule has 1 rings (SSSR count). The Morgan fingerprint density at radius 2 is 2.14 bits per heavy atom. The van der Waals surface area contributed by atoms with Crippen molar-refractivity contribution in [2.75, 3.05) is 0 Å². The second-order valence-electron chi connectivity index (χ2n) is 4.17. The normalized spacial score (nSPS) is 13.5. The molecule has 0 amide bonds. The van der Waals surface area contributed by atoms with E-state index >= 15 is 0 Å². The highest BCUT2D eigenvalue weighted by Crippen LogP contribution is 2.23. The lowest BCUT2D eigenvalue weighted by molar-refractivity contribution is 0.161. The minimum Gasteiger partial charge on any atom is -0.386 e. The van der Waals surface area contributed by atoms with Crippen LogP contribution in [0.25, 0.3) is 0 Å². The Morgan fingerprint density at radius 1 is 1.43 bits per heavy atom. The zero-order valence-corrected chi connectivity index (χ0v) is 9.97. The zero-order valence-electron chi connectivity index (χ0n) is 9.16. The van der Waals surface area contributed by atoms with E-state index in [2.05, 4.69) is 18.8 Å². The molecule has 14 heavy (non-hydrogen) atoms. The molecule has 0 radical (unpaired) electrons. The first-order chi connectivity index (χ1) is 6.59. The molecule has 1 aromatic rings. The molecule has 1 atom stereocenters. The molecule has 0 aliphatic heterocycles. The molecule has 0 spiro atoms. The number of hydrogen-bond acceptors (Lipinski definition) is 3. The summed E-state index contributed by atoms with van der Waals surface area (Å²) in [4.78, 5) is 4.28. The molecule has 1 heterocycles. The molecule has 1 aromatic heterocycles. The van der Waals surface area contributed by atoms with Gasteiger partial charge in [0.1, 0.15) is 11.1 Å². The molecule has 0 saturated carbocycles. The van der Waals surface area contributed by atoms with E-state index in [0.717, 1.165) is 29.5 Å². The molecule has 1 unspecified atom stereocenters. The average molecular weight is 213 g/mol. The fourth-order valence-corrected chi connectivity index (χ4v) is 2.18. The topological polar surface area (TPSA) is 33.1 Å². The van der Waals surface area contributed by atoms with E-state index in [1.165, 1.54) is 6.42 Å². The number of hydrogen-bond donors (Lipinski definition) is 1. The molecule has 0 aliphatic carbocycles. The Morgan fingerprint density at radius 3 is 2.64 bits per heavy atom. The van der Waals surface area contributed by atoms with E-state index in [1.54, 1.807) is 11.3 Å². The molecule has 0 fully saturated rings. The van der Waals surface area contributed by atoms with E-state index < -0.39 is 0 Å². The summed E-state index contributed by atoms with van der Waals surface area (Å²) in [6, 6.07) is 0. The van der Waals surface area contributed by atoms with Crippen molar-refractivity contribution in [3.8, 4) is 0 Å². The third kappa shape index (κ3) is 3.76. The van der Waals surface area contributed by atoms with E-state index in [4.69, 9.17) is 0 Å². The van der Waals surface area contributed by atoms with Crippen molar-refractivity contribution >= 4 is 11.3 Å². The highest BCUT2D eigenvalue weighted by atomic mass is 32.1. The Balaban J connectivity index is 2.32. The van der Waals surface area contributed by atoms with Gasteiger partial charge in [0.15, 0.2) is 0 Å². The summed E-state index contributed by atoms with van der Waals surface area (Å²) in [7, 11) is 0. The van der Waals surface area contributed by atoms with Gasteiger partial charge in [-0.3, -0.25) is 0 Å². The first kappa shape index (κ1) is 11.7. The average Bonchev–Trinajstić information content (AvgIpc) is 2.51.